The Morgan fingerprint density at radius 1 is 1.07 bits per heavy atom. The van der Waals surface area contributed by atoms with Crippen LogP contribution in [-0.2, 0) is 4.74 Å². The number of rotatable bonds is 5. The molecule has 0 saturated carbocycles. The number of hydrogen-bond acceptors (Lipinski definition) is 5. The van der Waals surface area contributed by atoms with E-state index in [1.165, 1.54) is 17.5 Å². The van der Waals surface area contributed by atoms with Crippen LogP contribution in [0.4, 0.5) is 11.5 Å². The van der Waals surface area contributed by atoms with Crippen molar-refractivity contribution in [1.29, 1.82) is 0 Å². The zero-order chi connectivity index (χ0) is 19.4. The van der Waals surface area contributed by atoms with Gasteiger partial charge in [0.15, 0.2) is 0 Å². The lowest BCUT2D eigenvalue weighted by Gasteiger charge is -2.26. The molecule has 6 heteroatoms. The van der Waals surface area contributed by atoms with Crippen LogP contribution in [0.3, 0.4) is 0 Å². The maximum Gasteiger partial charge on any atom is 0.272 e. The maximum atomic E-state index is 12.7. The van der Waals surface area contributed by atoms with E-state index in [1.807, 2.05) is 0 Å². The number of aromatic nitrogens is 2. The number of nitrogens with one attached hydrogen (secondary N) is 1. The predicted octanol–water partition coefficient (Wildman–Crippen LogP) is 3.94. The van der Waals surface area contributed by atoms with Crippen molar-refractivity contribution in [1.82, 2.24) is 14.9 Å². The molecule has 2 heterocycles. The summed E-state index contributed by atoms with van der Waals surface area (Å²) in [6, 6.07) is 8.11. The van der Waals surface area contributed by atoms with E-state index < -0.39 is 0 Å². The number of morpholine rings is 1. The average molecular weight is 368 g/mol. The third-order valence-electron chi connectivity index (χ3n) is 4.81. The maximum absolute atomic E-state index is 12.7. The number of anilines is 2. The van der Waals surface area contributed by atoms with E-state index in [0.717, 1.165) is 5.69 Å². The summed E-state index contributed by atoms with van der Waals surface area (Å²) in [6.07, 6.45) is 1.45. The average Bonchev–Trinajstić information content (AvgIpc) is 2.68. The van der Waals surface area contributed by atoms with Gasteiger partial charge in [-0.2, -0.15) is 0 Å². The van der Waals surface area contributed by atoms with Gasteiger partial charge < -0.3 is 15.0 Å². The lowest BCUT2D eigenvalue weighted by molar-refractivity contribution is 0.0299. The number of amides is 1. The summed E-state index contributed by atoms with van der Waals surface area (Å²) >= 11 is 0. The molecule has 144 valence electrons. The van der Waals surface area contributed by atoms with Crippen molar-refractivity contribution in [3.8, 4) is 0 Å². The molecule has 1 aliphatic heterocycles. The van der Waals surface area contributed by atoms with Crippen LogP contribution in [0, 0.1) is 0 Å². The first-order valence-corrected chi connectivity index (χ1v) is 9.56. The minimum absolute atomic E-state index is 0.0787. The van der Waals surface area contributed by atoms with Crippen LogP contribution < -0.4 is 5.32 Å². The van der Waals surface area contributed by atoms with Crippen molar-refractivity contribution in [2.24, 2.45) is 0 Å². The number of carbonyl (C=O) groups is 1. The topological polar surface area (TPSA) is 67.4 Å². The minimum Gasteiger partial charge on any atom is -0.378 e. The van der Waals surface area contributed by atoms with Gasteiger partial charge in [0.05, 0.1) is 13.2 Å². The highest BCUT2D eigenvalue weighted by Crippen LogP contribution is 2.34. The Balaban J connectivity index is 1.89. The molecule has 0 bridgehead atoms. The Hall–Kier alpha value is -2.47. The van der Waals surface area contributed by atoms with Gasteiger partial charge >= 0.3 is 0 Å². The quantitative estimate of drug-likeness (QED) is 0.866. The molecule has 27 heavy (non-hydrogen) atoms. The number of benzene rings is 1. The van der Waals surface area contributed by atoms with Crippen LogP contribution in [0.5, 0.6) is 0 Å². The summed E-state index contributed by atoms with van der Waals surface area (Å²) in [5.41, 5.74) is 3.95. The largest absolute Gasteiger partial charge is 0.378 e. The van der Waals surface area contributed by atoms with Crippen molar-refractivity contribution in [3.05, 3.63) is 47.4 Å². The highest BCUT2D eigenvalue weighted by atomic mass is 16.5. The molecule has 1 amide bonds. The number of ether oxygens (including phenoxy) is 1. The van der Waals surface area contributed by atoms with Gasteiger partial charge in [0.2, 0.25) is 0 Å². The van der Waals surface area contributed by atoms with Gasteiger partial charge in [-0.15, -0.1) is 0 Å². The van der Waals surface area contributed by atoms with E-state index >= 15 is 0 Å². The van der Waals surface area contributed by atoms with E-state index in [2.05, 4.69) is 61.2 Å². The van der Waals surface area contributed by atoms with Crippen LogP contribution in [0.1, 0.15) is 61.1 Å². The molecule has 1 aliphatic rings. The van der Waals surface area contributed by atoms with Crippen LogP contribution in [0.15, 0.2) is 30.6 Å². The molecule has 3 rings (SSSR count). The second kappa shape index (κ2) is 8.48. The summed E-state index contributed by atoms with van der Waals surface area (Å²) in [5.74, 6) is 1.31. The first-order chi connectivity index (χ1) is 13.0. The molecule has 1 aromatic heterocycles. The number of nitrogens with zero attached hydrogens (tertiary/aromatic N) is 3. The summed E-state index contributed by atoms with van der Waals surface area (Å²) in [7, 11) is 0. The molecule has 1 N–H and O–H groups in total. The fourth-order valence-corrected chi connectivity index (χ4v) is 3.29. The van der Waals surface area contributed by atoms with Crippen molar-refractivity contribution in [2.45, 2.75) is 39.5 Å². The molecule has 1 aromatic carbocycles. The van der Waals surface area contributed by atoms with E-state index in [9.17, 15) is 4.79 Å². The van der Waals surface area contributed by atoms with Crippen LogP contribution in [0.2, 0.25) is 0 Å². The molecule has 1 fully saturated rings. The number of carbonyl (C=O) groups excluding carboxylic acids is 1. The molecular weight excluding hydrogens is 340 g/mol. The number of hydrogen-bond donors (Lipinski definition) is 1. The van der Waals surface area contributed by atoms with Crippen LogP contribution in [-0.4, -0.2) is 47.1 Å². The smallest absolute Gasteiger partial charge is 0.272 e. The van der Waals surface area contributed by atoms with Gasteiger partial charge in [-0.1, -0.05) is 45.9 Å². The minimum atomic E-state index is -0.0787. The van der Waals surface area contributed by atoms with Gasteiger partial charge in [-0.05, 0) is 23.0 Å². The van der Waals surface area contributed by atoms with Gasteiger partial charge in [-0.3, -0.25) is 4.79 Å². The molecular formula is C21H28N4O2. The molecule has 0 atom stereocenters. The van der Waals surface area contributed by atoms with Crippen LogP contribution >= 0.6 is 0 Å². The Kier molecular flexibility index (Phi) is 6.06. The predicted molar refractivity (Wildman–Crippen MR) is 107 cm³/mol. The lowest BCUT2D eigenvalue weighted by Crippen LogP contribution is -2.41. The SMILES string of the molecule is CC(C)c1cccc(C(C)C)c1Nc1cc(C(=O)N2CCOCC2)ncn1. The molecule has 0 aliphatic carbocycles. The molecule has 0 unspecified atom stereocenters. The first kappa shape index (κ1) is 19.3. The van der Waals surface area contributed by atoms with E-state index in [-0.39, 0.29) is 5.91 Å². The molecule has 0 radical (unpaired) electrons. The molecule has 6 nitrogen and oxygen atoms in total. The van der Waals surface area contributed by atoms with Gasteiger partial charge in [0, 0.05) is 24.8 Å². The highest BCUT2D eigenvalue weighted by Gasteiger charge is 2.21. The fraction of sp³-hybridized carbons (Fsp3) is 0.476. The monoisotopic (exact) mass is 368 g/mol. The Bertz CT molecular complexity index is 772. The summed E-state index contributed by atoms with van der Waals surface area (Å²) in [5, 5.41) is 3.46. The second-order valence-corrected chi connectivity index (χ2v) is 7.44. The Morgan fingerprint density at radius 3 is 2.30 bits per heavy atom. The van der Waals surface area contributed by atoms with Crippen LogP contribution in [0.25, 0.3) is 0 Å². The summed E-state index contributed by atoms with van der Waals surface area (Å²) in [4.78, 5) is 23.0. The fourth-order valence-electron chi connectivity index (χ4n) is 3.29. The van der Waals surface area contributed by atoms with E-state index in [0.29, 0.717) is 49.7 Å². The van der Waals surface area contributed by atoms with Gasteiger partial charge in [-0.25, -0.2) is 9.97 Å². The van der Waals surface area contributed by atoms with Crippen molar-refractivity contribution < 1.29 is 9.53 Å². The second-order valence-electron chi connectivity index (χ2n) is 7.44. The highest BCUT2D eigenvalue weighted by molar-refractivity contribution is 5.93. The third-order valence-corrected chi connectivity index (χ3v) is 4.81. The summed E-state index contributed by atoms with van der Waals surface area (Å²) < 4.78 is 5.32. The zero-order valence-electron chi connectivity index (χ0n) is 16.5. The van der Waals surface area contributed by atoms with Crippen molar-refractivity contribution in [3.63, 3.8) is 0 Å². The standard InChI is InChI=1S/C21H28N4O2/c1-14(2)16-6-5-7-17(15(3)4)20(16)24-19-12-18(22-13-23-19)21(26)25-8-10-27-11-9-25/h5-7,12-15H,8-11H2,1-4H3,(H,22,23,24). The van der Waals surface area contributed by atoms with Gasteiger partial charge in [0.1, 0.15) is 17.8 Å². The van der Waals surface area contributed by atoms with E-state index in [4.69, 9.17) is 4.74 Å². The Labute approximate surface area is 161 Å². The van der Waals surface area contributed by atoms with Crippen molar-refractivity contribution >= 4 is 17.4 Å². The lowest BCUT2D eigenvalue weighted by atomic mass is 9.92. The number of para-hydroxylation sites is 1. The zero-order valence-corrected chi connectivity index (χ0v) is 16.5. The molecule has 2 aromatic rings. The van der Waals surface area contributed by atoms with Gasteiger partial charge in [0.25, 0.3) is 5.91 Å². The molecule has 1 saturated heterocycles. The molecule has 0 spiro atoms. The first-order valence-electron chi connectivity index (χ1n) is 9.56. The van der Waals surface area contributed by atoms with E-state index in [1.54, 1.807) is 11.0 Å². The normalized spacial score (nSPS) is 14.7. The third kappa shape index (κ3) is 4.45. The summed E-state index contributed by atoms with van der Waals surface area (Å²) in [6.45, 7) is 11.0. The Morgan fingerprint density at radius 2 is 1.70 bits per heavy atom. The van der Waals surface area contributed by atoms with Crippen molar-refractivity contribution in [2.75, 3.05) is 31.6 Å².